The number of likely N-dealkylation sites (tertiary alicyclic amines) is 1. The highest BCUT2D eigenvalue weighted by molar-refractivity contribution is 5.85. The van der Waals surface area contributed by atoms with Crippen molar-refractivity contribution in [3.05, 3.63) is 29.8 Å². The molecule has 19 heavy (non-hydrogen) atoms. The first-order chi connectivity index (χ1) is 8.88. The summed E-state index contributed by atoms with van der Waals surface area (Å²) in [4.78, 5) is 2.52. The Morgan fingerprint density at radius 2 is 1.79 bits per heavy atom. The van der Waals surface area contributed by atoms with E-state index in [2.05, 4.69) is 11.0 Å². The molecule has 1 fully saturated rings. The predicted octanol–water partition coefficient (Wildman–Crippen LogP) is 3.23. The molecule has 3 nitrogen and oxygen atoms in total. The van der Waals surface area contributed by atoms with E-state index in [-0.39, 0.29) is 12.4 Å². The molecule has 0 amide bonds. The summed E-state index contributed by atoms with van der Waals surface area (Å²) in [5.74, 6) is 0.854. The van der Waals surface area contributed by atoms with Gasteiger partial charge in [-0.2, -0.15) is 5.26 Å². The van der Waals surface area contributed by atoms with E-state index in [9.17, 15) is 0 Å². The molecule has 2 rings (SSSR count). The Morgan fingerprint density at radius 3 is 2.42 bits per heavy atom. The predicted molar refractivity (Wildman–Crippen MR) is 78.8 cm³/mol. The minimum atomic E-state index is 0. The van der Waals surface area contributed by atoms with Gasteiger partial charge < -0.3 is 9.64 Å². The lowest BCUT2D eigenvalue weighted by atomic mass is 10.1. The second-order valence-corrected chi connectivity index (χ2v) is 4.74. The molecule has 0 unspecified atom stereocenters. The first kappa shape index (κ1) is 15.8. The van der Waals surface area contributed by atoms with Crippen molar-refractivity contribution in [2.24, 2.45) is 0 Å². The summed E-state index contributed by atoms with van der Waals surface area (Å²) in [6, 6.07) is 9.41. The van der Waals surface area contributed by atoms with Gasteiger partial charge in [-0.05, 0) is 56.6 Å². The number of rotatable bonds is 5. The van der Waals surface area contributed by atoms with E-state index in [1.807, 2.05) is 12.1 Å². The fourth-order valence-electron chi connectivity index (χ4n) is 2.29. The van der Waals surface area contributed by atoms with Crippen molar-refractivity contribution in [3.63, 3.8) is 0 Å². The highest BCUT2D eigenvalue weighted by atomic mass is 35.5. The molecule has 1 aliphatic heterocycles. The third kappa shape index (κ3) is 5.50. The van der Waals surface area contributed by atoms with Gasteiger partial charge in [0.05, 0.1) is 18.2 Å². The number of nitrogens with zero attached hydrogens (tertiary/aromatic N) is 2. The molecule has 1 aromatic carbocycles. The zero-order valence-corrected chi connectivity index (χ0v) is 12.0. The van der Waals surface area contributed by atoms with Crippen LogP contribution >= 0.6 is 12.4 Å². The van der Waals surface area contributed by atoms with Crippen LogP contribution in [0.1, 0.15) is 31.2 Å². The van der Waals surface area contributed by atoms with Crippen molar-refractivity contribution in [1.82, 2.24) is 4.90 Å². The molecule has 0 radical (unpaired) electrons. The number of piperidine rings is 1. The van der Waals surface area contributed by atoms with Gasteiger partial charge in [-0.25, -0.2) is 0 Å². The van der Waals surface area contributed by atoms with Crippen molar-refractivity contribution in [2.75, 3.05) is 26.2 Å². The minimum Gasteiger partial charge on any atom is -0.494 e. The summed E-state index contributed by atoms with van der Waals surface area (Å²) < 4.78 is 5.66. The van der Waals surface area contributed by atoms with Gasteiger partial charge in [0.2, 0.25) is 0 Å². The van der Waals surface area contributed by atoms with Gasteiger partial charge in [0.15, 0.2) is 0 Å². The lowest BCUT2D eigenvalue weighted by Gasteiger charge is -2.26. The molecule has 1 saturated heterocycles. The van der Waals surface area contributed by atoms with Crippen molar-refractivity contribution < 1.29 is 4.74 Å². The highest BCUT2D eigenvalue weighted by Gasteiger charge is 2.08. The van der Waals surface area contributed by atoms with E-state index in [0.717, 1.165) is 25.3 Å². The summed E-state index contributed by atoms with van der Waals surface area (Å²) in [5, 5.41) is 8.69. The molecule has 1 heterocycles. The van der Waals surface area contributed by atoms with E-state index in [4.69, 9.17) is 10.00 Å². The maximum atomic E-state index is 8.69. The monoisotopic (exact) mass is 280 g/mol. The van der Waals surface area contributed by atoms with E-state index in [1.54, 1.807) is 12.1 Å². The Balaban J connectivity index is 0.00000180. The summed E-state index contributed by atoms with van der Waals surface area (Å²) in [7, 11) is 0. The van der Waals surface area contributed by atoms with Gasteiger partial charge in [-0.3, -0.25) is 0 Å². The maximum Gasteiger partial charge on any atom is 0.119 e. The molecule has 0 atom stereocenters. The minimum absolute atomic E-state index is 0. The van der Waals surface area contributed by atoms with E-state index >= 15 is 0 Å². The fraction of sp³-hybridized carbons (Fsp3) is 0.533. The third-order valence-corrected chi connectivity index (χ3v) is 3.32. The number of nitriles is 1. The molecule has 0 N–H and O–H groups in total. The Morgan fingerprint density at radius 1 is 1.11 bits per heavy atom. The number of hydrogen-bond donors (Lipinski definition) is 0. The zero-order valence-electron chi connectivity index (χ0n) is 11.2. The van der Waals surface area contributed by atoms with Crippen LogP contribution in [-0.2, 0) is 0 Å². The van der Waals surface area contributed by atoms with Crippen LogP contribution in [0.4, 0.5) is 0 Å². The van der Waals surface area contributed by atoms with Gasteiger partial charge in [0.25, 0.3) is 0 Å². The van der Waals surface area contributed by atoms with Crippen molar-refractivity contribution in [2.45, 2.75) is 25.7 Å². The van der Waals surface area contributed by atoms with Gasteiger partial charge in [-0.15, -0.1) is 12.4 Å². The van der Waals surface area contributed by atoms with Gasteiger partial charge in [0.1, 0.15) is 5.75 Å². The molecular formula is C15H21ClN2O. The van der Waals surface area contributed by atoms with Crippen LogP contribution in [0.2, 0.25) is 0 Å². The highest BCUT2D eigenvalue weighted by Crippen LogP contribution is 2.12. The zero-order chi connectivity index (χ0) is 12.6. The van der Waals surface area contributed by atoms with Crippen LogP contribution in [0.5, 0.6) is 5.75 Å². The van der Waals surface area contributed by atoms with Crippen molar-refractivity contribution in [1.29, 1.82) is 5.26 Å². The average Bonchev–Trinajstić information content (AvgIpc) is 2.45. The molecular weight excluding hydrogens is 260 g/mol. The van der Waals surface area contributed by atoms with Crippen LogP contribution in [0.15, 0.2) is 24.3 Å². The summed E-state index contributed by atoms with van der Waals surface area (Å²) >= 11 is 0. The van der Waals surface area contributed by atoms with Crippen LogP contribution in [-0.4, -0.2) is 31.1 Å². The largest absolute Gasteiger partial charge is 0.494 e. The smallest absolute Gasteiger partial charge is 0.119 e. The summed E-state index contributed by atoms with van der Waals surface area (Å²) in [5.41, 5.74) is 0.677. The first-order valence-corrected chi connectivity index (χ1v) is 6.74. The van der Waals surface area contributed by atoms with E-state index in [0.29, 0.717) is 5.56 Å². The quantitative estimate of drug-likeness (QED) is 0.777. The molecule has 104 valence electrons. The summed E-state index contributed by atoms with van der Waals surface area (Å²) in [6.07, 6.45) is 5.14. The Hall–Kier alpha value is -1.24. The molecule has 4 heteroatoms. The molecule has 1 aromatic rings. The maximum absolute atomic E-state index is 8.69. The van der Waals surface area contributed by atoms with Crippen LogP contribution in [0, 0.1) is 11.3 Å². The lowest BCUT2D eigenvalue weighted by molar-refractivity contribution is 0.205. The molecule has 0 aromatic heterocycles. The number of halogens is 1. The Labute approximate surface area is 121 Å². The van der Waals surface area contributed by atoms with Gasteiger partial charge in [0, 0.05) is 6.54 Å². The van der Waals surface area contributed by atoms with E-state index in [1.165, 1.54) is 32.4 Å². The molecule has 1 aliphatic rings. The van der Waals surface area contributed by atoms with Crippen LogP contribution in [0.3, 0.4) is 0 Å². The van der Waals surface area contributed by atoms with Crippen molar-refractivity contribution in [3.8, 4) is 11.8 Å². The second-order valence-electron chi connectivity index (χ2n) is 4.74. The topological polar surface area (TPSA) is 36.3 Å². The fourth-order valence-corrected chi connectivity index (χ4v) is 2.29. The molecule has 0 spiro atoms. The normalized spacial score (nSPS) is 15.3. The number of ether oxygens (including phenoxy) is 1. The van der Waals surface area contributed by atoms with Crippen molar-refractivity contribution >= 4 is 12.4 Å². The van der Waals surface area contributed by atoms with Crippen LogP contribution in [0.25, 0.3) is 0 Å². The number of benzene rings is 1. The van der Waals surface area contributed by atoms with Gasteiger partial charge in [-0.1, -0.05) is 6.42 Å². The van der Waals surface area contributed by atoms with Gasteiger partial charge >= 0.3 is 0 Å². The molecule has 0 bridgehead atoms. The number of hydrogen-bond acceptors (Lipinski definition) is 3. The summed E-state index contributed by atoms with van der Waals surface area (Å²) in [6.45, 7) is 4.38. The first-order valence-electron chi connectivity index (χ1n) is 6.74. The van der Waals surface area contributed by atoms with Crippen LogP contribution < -0.4 is 4.74 Å². The second kappa shape index (κ2) is 8.79. The standard InChI is InChI=1S/C15H20N2O.ClH/c16-13-14-5-7-15(8-6-14)18-12-4-11-17-9-2-1-3-10-17;/h5-8H,1-4,9-12H2;1H. The van der Waals surface area contributed by atoms with E-state index < -0.39 is 0 Å². The third-order valence-electron chi connectivity index (χ3n) is 3.32. The molecule has 0 saturated carbocycles. The molecule has 0 aliphatic carbocycles. The average molecular weight is 281 g/mol. The lowest BCUT2D eigenvalue weighted by Crippen LogP contribution is -2.31. The Bertz CT molecular complexity index is 394. The Kier molecular flexibility index (Phi) is 7.32. The SMILES string of the molecule is Cl.N#Cc1ccc(OCCCN2CCCCC2)cc1.